The van der Waals surface area contributed by atoms with Gasteiger partial charge in [0.1, 0.15) is 12.2 Å². The standard InChI is InChI=1S/C15H14F3N5OS/c16-15(17,18)7-23-6-8-5-9(1-2-11(8)25-23)22-13(20)12-10(19)3-4-21-14(12)24/h1-5H,6-7H2,(H2,20,22)(H3,19,21,24)/p+1. The molecule has 0 unspecified atom stereocenters. The summed E-state index contributed by atoms with van der Waals surface area (Å²) in [5.74, 6) is 0.0668. The minimum atomic E-state index is -4.25. The van der Waals surface area contributed by atoms with Crippen LogP contribution in [0.15, 0.2) is 40.2 Å². The van der Waals surface area contributed by atoms with Gasteiger partial charge in [-0.25, -0.2) is 9.30 Å². The van der Waals surface area contributed by atoms with Crippen LogP contribution in [-0.2, 0) is 6.54 Å². The Hall–Kier alpha value is -2.46. The second-order valence-electron chi connectivity index (χ2n) is 5.50. The predicted octanol–water partition coefficient (Wildman–Crippen LogP) is 0.460. The number of nitrogens with one attached hydrogen (secondary N) is 2. The zero-order valence-corrected chi connectivity index (χ0v) is 13.7. The molecule has 0 amide bonds. The zero-order chi connectivity index (χ0) is 18.2. The van der Waals surface area contributed by atoms with Crippen LogP contribution in [0.3, 0.4) is 0 Å². The number of nitrogen functional groups attached to an aromatic ring is 2. The van der Waals surface area contributed by atoms with E-state index in [0.717, 1.165) is 22.4 Å². The third-order valence-electron chi connectivity index (χ3n) is 3.53. The summed E-state index contributed by atoms with van der Waals surface area (Å²) >= 11 is 1.06. The molecule has 1 aromatic heterocycles. The molecule has 0 bridgehead atoms. The number of anilines is 1. The highest BCUT2D eigenvalue weighted by Gasteiger charge is 2.34. The number of pyridine rings is 1. The number of benzene rings is 1. The summed E-state index contributed by atoms with van der Waals surface area (Å²) in [6, 6.07) is 6.62. The number of aromatic nitrogens is 1. The maximum atomic E-state index is 12.5. The number of hydrogen-bond acceptors (Lipinski definition) is 4. The average Bonchev–Trinajstić information content (AvgIpc) is 2.86. The van der Waals surface area contributed by atoms with Gasteiger partial charge in [-0.15, -0.1) is 0 Å². The lowest BCUT2D eigenvalue weighted by molar-refractivity contribution is -0.354. The second kappa shape index (κ2) is 6.45. The number of nitrogens with zero attached hydrogens (tertiary/aromatic N) is 1. The number of halogens is 3. The van der Waals surface area contributed by atoms with Crippen LogP contribution in [0.1, 0.15) is 11.1 Å². The zero-order valence-electron chi connectivity index (χ0n) is 12.9. The fourth-order valence-electron chi connectivity index (χ4n) is 2.51. The molecule has 0 saturated heterocycles. The summed E-state index contributed by atoms with van der Waals surface area (Å²) < 4.78 is 38.8. The van der Waals surface area contributed by atoms with Crippen molar-refractivity contribution < 1.29 is 18.2 Å². The first-order valence-corrected chi connectivity index (χ1v) is 8.00. The van der Waals surface area contributed by atoms with Crippen molar-refractivity contribution in [1.29, 1.82) is 0 Å². The van der Waals surface area contributed by atoms with E-state index in [1.807, 2.05) is 0 Å². The third-order valence-corrected chi connectivity index (χ3v) is 4.64. The molecule has 0 atom stereocenters. The molecule has 0 spiro atoms. The molecule has 0 saturated carbocycles. The Morgan fingerprint density at radius 3 is 2.80 bits per heavy atom. The fourth-order valence-corrected chi connectivity index (χ4v) is 3.57. The Morgan fingerprint density at radius 2 is 2.12 bits per heavy atom. The summed E-state index contributed by atoms with van der Waals surface area (Å²) in [5.41, 5.74) is 12.9. The van der Waals surface area contributed by atoms with Crippen LogP contribution in [0.2, 0.25) is 0 Å². The molecule has 10 heteroatoms. The largest absolute Gasteiger partial charge is 0.402 e. The second-order valence-corrected chi connectivity index (χ2v) is 6.64. The van der Waals surface area contributed by atoms with Gasteiger partial charge in [0.2, 0.25) is 0 Å². The normalized spacial score (nSPS) is 15.4. The lowest BCUT2D eigenvalue weighted by atomic mass is 10.2. The third kappa shape index (κ3) is 3.97. The van der Waals surface area contributed by atoms with Gasteiger partial charge in [0.25, 0.3) is 11.4 Å². The molecule has 1 aliphatic heterocycles. The Balaban J connectivity index is 1.85. The van der Waals surface area contributed by atoms with Crippen LogP contribution in [0.25, 0.3) is 0 Å². The molecular formula is C15H15F3N5OS+. The minimum Gasteiger partial charge on any atom is -0.398 e. The molecule has 1 aromatic carbocycles. The molecule has 3 rings (SSSR count). The number of alkyl halides is 3. The van der Waals surface area contributed by atoms with Crippen molar-refractivity contribution in [1.82, 2.24) is 9.29 Å². The molecule has 1 aliphatic rings. The molecular weight excluding hydrogens is 355 g/mol. The first-order valence-electron chi connectivity index (χ1n) is 7.22. The maximum absolute atomic E-state index is 12.5. The van der Waals surface area contributed by atoms with Crippen LogP contribution in [0.4, 0.5) is 24.5 Å². The van der Waals surface area contributed by atoms with Crippen LogP contribution >= 0.6 is 11.9 Å². The summed E-state index contributed by atoms with van der Waals surface area (Å²) in [6.07, 6.45) is -2.84. The molecule has 2 aromatic rings. The number of nitrogens with two attached hydrogens (primary N) is 2. The predicted molar refractivity (Wildman–Crippen MR) is 89.2 cm³/mol. The van der Waals surface area contributed by atoms with Crippen molar-refractivity contribution in [2.45, 2.75) is 17.6 Å². The fraction of sp³-hybridized carbons (Fsp3) is 0.200. The molecule has 0 aliphatic carbocycles. The highest BCUT2D eigenvalue weighted by atomic mass is 32.2. The van der Waals surface area contributed by atoms with Gasteiger partial charge < -0.3 is 10.7 Å². The summed E-state index contributed by atoms with van der Waals surface area (Å²) in [6.45, 7) is -0.817. The Kier molecular flexibility index (Phi) is 4.48. The van der Waals surface area contributed by atoms with Crippen molar-refractivity contribution >= 4 is 29.2 Å². The maximum Gasteiger partial charge on any atom is 0.402 e. The highest BCUT2D eigenvalue weighted by molar-refractivity contribution is 7.97. The van der Waals surface area contributed by atoms with E-state index in [1.165, 1.54) is 16.6 Å². The van der Waals surface area contributed by atoms with Crippen molar-refractivity contribution in [3.05, 3.63) is 51.9 Å². The number of fused-ring (bicyclic) bond motifs is 1. The lowest BCUT2D eigenvalue weighted by Crippen LogP contribution is -2.70. The van der Waals surface area contributed by atoms with E-state index < -0.39 is 18.3 Å². The molecule has 6 N–H and O–H groups in total. The van der Waals surface area contributed by atoms with Gasteiger partial charge in [-0.05, 0) is 41.8 Å². The van der Waals surface area contributed by atoms with Crippen molar-refractivity contribution in [2.24, 2.45) is 5.73 Å². The number of hydrogen-bond donors (Lipinski definition) is 4. The molecule has 2 heterocycles. The number of H-pyrrole nitrogens is 1. The van der Waals surface area contributed by atoms with Gasteiger partial charge in [-0.1, -0.05) is 0 Å². The quantitative estimate of drug-likeness (QED) is 0.357. The molecule has 6 nitrogen and oxygen atoms in total. The number of amidine groups is 1. The van der Waals surface area contributed by atoms with E-state index in [0.29, 0.717) is 5.69 Å². The minimum absolute atomic E-state index is 0.0668. The van der Waals surface area contributed by atoms with Crippen LogP contribution in [0, 0.1) is 0 Å². The number of rotatable bonds is 3. The van der Waals surface area contributed by atoms with E-state index in [-0.39, 0.29) is 23.6 Å². The van der Waals surface area contributed by atoms with Crippen molar-refractivity contribution in [3.8, 4) is 0 Å². The Bertz CT molecular complexity index is 893. The van der Waals surface area contributed by atoms with Crippen molar-refractivity contribution in [2.75, 3.05) is 12.3 Å². The monoisotopic (exact) mass is 370 g/mol. The average molecular weight is 370 g/mol. The van der Waals surface area contributed by atoms with E-state index >= 15 is 0 Å². The lowest BCUT2D eigenvalue weighted by Gasteiger charge is -2.15. The molecule has 25 heavy (non-hydrogen) atoms. The first kappa shape index (κ1) is 17.4. The van der Waals surface area contributed by atoms with Crippen LogP contribution < -0.4 is 22.0 Å². The van der Waals surface area contributed by atoms with E-state index in [9.17, 15) is 18.0 Å². The van der Waals surface area contributed by atoms with Crippen LogP contribution in [-0.4, -0.2) is 27.8 Å². The Labute approximate surface area is 144 Å². The SMILES string of the molecule is NC(=[NH+]c1ccc2c(c1)CN(CC(F)(F)F)S2)c1c(N)cc[nH]c1=O. The number of aromatic amines is 1. The van der Waals surface area contributed by atoms with Crippen molar-refractivity contribution in [3.63, 3.8) is 0 Å². The van der Waals surface area contributed by atoms with Gasteiger partial charge in [-0.2, -0.15) is 13.2 Å². The summed E-state index contributed by atoms with van der Waals surface area (Å²) in [5, 5.41) is 0. The van der Waals surface area contributed by atoms with E-state index in [1.54, 1.807) is 18.2 Å². The summed E-state index contributed by atoms with van der Waals surface area (Å²) in [7, 11) is 0. The van der Waals surface area contributed by atoms with Gasteiger partial charge in [0.05, 0.1) is 5.69 Å². The van der Waals surface area contributed by atoms with Gasteiger partial charge in [0.15, 0.2) is 5.56 Å². The van der Waals surface area contributed by atoms with E-state index in [2.05, 4.69) is 9.98 Å². The molecule has 132 valence electrons. The molecule has 0 fully saturated rings. The smallest absolute Gasteiger partial charge is 0.398 e. The Morgan fingerprint density at radius 1 is 1.36 bits per heavy atom. The first-order chi connectivity index (χ1) is 11.7. The van der Waals surface area contributed by atoms with Gasteiger partial charge in [0, 0.05) is 17.6 Å². The van der Waals surface area contributed by atoms with Gasteiger partial charge >= 0.3 is 6.18 Å². The van der Waals surface area contributed by atoms with Crippen LogP contribution in [0.5, 0.6) is 0 Å². The van der Waals surface area contributed by atoms with E-state index in [4.69, 9.17) is 11.5 Å². The highest BCUT2D eigenvalue weighted by Crippen LogP contribution is 2.38. The summed E-state index contributed by atoms with van der Waals surface area (Å²) in [4.78, 5) is 18.0. The topological polar surface area (TPSA) is 102 Å². The van der Waals surface area contributed by atoms with Gasteiger partial charge in [-0.3, -0.25) is 10.5 Å². The molecule has 0 radical (unpaired) electrons.